The number of H-pyrrole nitrogens is 1. The predicted molar refractivity (Wildman–Crippen MR) is 108 cm³/mol. The van der Waals surface area contributed by atoms with Crippen LogP contribution in [0.15, 0.2) is 12.1 Å². The van der Waals surface area contributed by atoms with Crippen LogP contribution in [0, 0.1) is 13.8 Å². The lowest BCUT2D eigenvalue weighted by Gasteiger charge is -2.32. The number of piperazine rings is 1. The number of hydrogen-bond donors (Lipinski definition) is 3. The lowest BCUT2D eigenvalue weighted by molar-refractivity contribution is -1.02. The van der Waals surface area contributed by atoms with Gasteiger partial charge in [0.25, 0.3) is 0 Å². The normalized spacial score (nSPS) is 21.2. The van der Waals surface area contributed by atoms with Crippen molar-refractivity contribution in [1.29, 1.82) is 0 Å². The number of hydrogen-bond acceptors (Lipinski definition) is 3. The zero-order valence-corrected chi connectivity index (χ0v) is 17.9. The molecule has 7 heteroatoms. The first-order chi connectivity index (χ1) is 12.8. The van der Waals surface area contributed by atoms with Crippen molar-refractivity contribution in [2.24, 2.45) is 0 Å². The number of quaternary nitrogens is 2. The first kappa shape index (κ1) is 20.3. The van der Waals surface area contributed by atoms with Gasteiger partial charge in [-0.15, -0.1) is 11.3 Å². The number of Topliss-reactive ketones (excluding diaryl/α,β-unsaturated/α-hetero) is 2. The van der Waals surface area contributed by atoms with E-state index < -0.39 is 0 Å². The second-order valence-electron chi connectivity index (χ2n) is 7.56. The average Bonchev–Trinajstić information content (AvgIpc) is 3.16. The van der Waals surface area contributed by atoms with Gasteiger partial charge in [0.05, 0.1) is 14.9 Å². The molecule has 0 bridgehead atoms. The van der Waals surface area contributed by atoms with Crippen LogP contribution in [0.5, 0.6) is 0 Å². The average molecular weight is 410 g/mol. The van der Waals surface area contributed by atoms with Crippen molar-refractivity contribution in [2.45, 2.75) is 40.3 Å². The summed E-state index contributed by atoms with van der Waals surface area (Å²) in [4.78, 5) is 32.2. The summed E-state index contributed by atoms with van der Waals surface area (Å²) in [6.07, 6.45) is 0. The molecule has 1 atom stereocenters. The van der Waals surface area contributed by atoms with Crippen LogP contribution in [0.2, 0.25) is 4.34 Å². The minimum Gasteiger partial charge on any atom is -0.355 e. The van der Waals surface area contributed by atoms with E-state index in [4.69, 9.17) is 11.6 Å². The Morgan fingerprint density at radius 2 is 1.89 bits per heavy atom. The van der Waals surface area contributed by atoms with Crippen LogP contribution >= 0.6 is 22.9 Å². The van der Waals surface area contributed by atoms with Crippen molar-refractivity contribution < 1.29 is 19.4 Å². The number of thiophene rings is 1. The van der Waals surface area contributed by atoms with Crippen LogP contribution in [0.4, 0.5) is 0 Å². The largest absolute Gasteiger partial charge is 0.355 e. The number of carbonyl (C=O) groups excluding carboxylic acids is 2. The van der Waals surface area contributed by atoms with E-state index in [-0.39, 0.29) is 17.6 Å². The lowest BCUT2D eigenvalue weighted by Crippen LogP contribution is -3.29. The highest BCUT2D eigenvalue weighted by atomic mass is 35.5. The molecule has 1 aliphatic heterocycles. The highest BCUT2D eigenvalue weighted by molar-refractivity contribution is 7.16. The Morgan fingerprint density at radius 1 is 1.22 bits per heavy atom. The first-order valence-corrected chi connectivity index (χ1v) is 10.6. The topological polar surface area (TPSA) is 58.8 Å². The molecule has 5 nitrogen and oxygen atoms in total. The second kappa shape index (κ2) is 8.27. The molecule has 3 rings (SSSR count). The molecular formula is C20H28ClN3O2S+2. The zero-order chi connectivity index (χ0) is 19.7. The number of nitrogens with one attached hydrogen (secondary N) is 3. The summed E-state index contributed by atoms with van der Waals surface area (Å²) >= 11 is 7.67. The third-order valence-corrected chi connectivity index (χ3v) is 6.93. The molecule has 3 N–H and O–H groups in total. The van der Waals surface area contributed by atoms with Gasteiger partial charge >= 0.3 is 0 Å². The Balaban J connectivity index is 1.62. The van der Waals surface area contributed by atoms with Crippen molar-refractivity contribution in [2.75, 3.05) is 26.2 Å². The van der Waals surface area contributed by atoms with Crippen molar-refractivity contribution in [1.82, 2.24) is 4.98 Å². The molecule has 27 heavy (non-hydrogen) atoms. The summed E-state index contributed by atoms with van der Waals surface area (Å²) in [7, 11) is 0. The maximum Gasteiger partial charge on any atom is 0.235 e. The Morgan fingerprint density at radius 3 is 2.41 bits per heavy atom. The molecule has 0 aliphatic carbocycles. The van der Waals surface area contributed by atoms with Crippen molar-refractivity contribution in [3.8, 4) is 0 Å². The molecule has 3 heterocycles. The molecule has 1 aliphatic rings. The fourth-order valence-electron chi connectivity index (χ4n) is 4.15. The molecule has 2 aromatic rings. The van der Waals surface area contributed by atoms with Crippen LogP contribution in [0.3, 0.4) is 0 Å². The molecular weight excluding hydrogens is 382 g/mol. The number of rotatable bonds is 6. The molecule has 1 saturated heterocycles. The standard InChI is InChI=1S/C20H26ClN3O2S/c1-12-18(15(4)25)13(2)22-19(12)20(26)14(3)24-9-7-23(8-10-24)11-16-5-6-17(21)27-16/h5-6,14,22H,7-11H2,1-4H3/p+2/t14-/m1/s1. The van der Waals surface area contributed by atoms with E-state index in [0.29, 0.717) is 11.3 Å². The number of aryl methyl sites for hydroxylation is 1. The summed E-state index contributed by atoms with van der Waals surface area (Å²) in [5.74, 6) is 0.109. The van der Waals surface area contributed by atoms with Crippen molar-refractivity contribution in [3.63, 3.8) is 0 Å². The van der Waals surface area contributed by atoms with Gasteiger partial charge in [0.1, 0.15) is 32.7 Å². The molecule has 0 saturated carbocycles. The van der Waals surface area contributed by atoms with Crippen LogP contribution in [-0.2, 0) is 6.54 Å². The SMILES string of the molecule is CC(=O)c1c(C)[nH]c(C(=O)[C@@H](C)[NH+]2CC[NH+](Cc3ccc(Cl)s3)CC2)c1C. The summed E-state index contributed by atoms with van der Waals surface area (Å²) in [5.41, 5.74) is 2.83. The molecule has 2 aromatic heterocycles. The quantitative estimate of drug-likeness (QED) is 0.626. The van der Waals surface area contributed by atoms with E-state index in [1.165, 1.54) is 9.78 Å². The minimum atomic E-state index is -0.112. The van der Waals surface area contributed by atoms with Gasteiger partial charge in [-0.1, -0.05) is 11.6 Å². The number of aromatic nitrogens is 1. The lowest BCUT2D eigenvalue weighted by atomic mass is 10.0. The third-order valence-electron chi connectivity index (χ3n) is 5.69. The predicted octanol–water partition coefficient (Wildman–Crippen LogP) is 1.10. The van der Waals surface area contributed by atoms with Gasteiger partial charge in [0.2, 0.25) is 5.78 Å². The van der Waals surface area contributed by atoms with E-state index in [9.17, 15) is 9.59 Å². The molecule has 0 unspecified atom stereocenters. The number of aromatic amines is 1. The van der Waals surface area contributed by atoms with Gasteiger partial charge in [0, 0.05) is 11.3 Å². The summed E-state index contributed by atoms with van der Waals surface area (Å²) < 4.78 is 0.842. The van der Waals surface area contributed by atoms with Crippen molar-refractivity contribution >= 4 is 34.5 Å². The van der Waals surface area contributed by atoms with E-state index in [1.54, 1.807) is 23.2 Å². The Bertz CT molecular complexity index is 850. The Labute approximate surface area is 169 Å². The fraction of sp³-hybridized carbons (Fsp3) is 0.500. The minimum absolute atomic E-state index is 0.00574. The third kappa shape index (κ3) is 4.35. The van der Waals surface area contributed by atoms with Crippen molar-refractivity contribution in [3.05, 3.63) is 43.9 Å². The second-order valence-corrected chi connectivity index (χ2v) is 9.36. The maximum atomic E-state index is 13.0. The van der Waals surface area contributed by atoms with E-state index >= 15 is 0 Å². The smallest absolute Gasteiger partial charge is 0.235 e. The molecule has 0 radical (unpaired) electrons. The van der Waals surface area contributed by atoms with Gasteiger partial charge in [-0.2, -0.15) is 0 Å². The number of halogens is 1. The monoisotopic (exact) mass is 409 g/mol. The highest BCUT2D eigenvalue weighted by Crippen LogP contribution is 2.21. The molecule has 0 spiro atoms. The number of carbonyl (C=O) groups is 2. The Kier molecular flexibility index (Phi) is 6.21. The summed E-state index contributed by atoms with van der Waals surface area (Å²) in [6, 6.07) is 3.95. The number of ketones is 2. The molecule has 0 amide bonds. The van der Waals surface area contributed by atoms with E-state index in [0.717, 1.165) is 48.3 Å². The van der Waals surface area contributed by atoms with Crippen LogP contribution < -0.4 is 9.80 Å². The van der Waals surface area contributed by atoms with Gasteiger partial charge in [-0.3, -0.25) is 9.59 Å². The van der Waals surface area contributed by atoms with Crippen LogP contribution in [0.25, 0.3) is 0 Å². The Hall–Kier alpha value is -1.47. The van der Waals surface area contributed by atoms with Crippen LogP contribution in [-0.4, -0.2) is 48.8 Å². The zero-order valence-electron chi connectivity index (χ0n) is 16.4. The van der Waals surface area contributed by atoms with Gasteiger partial charge < -0.3 is 14.8 Å². The van der Waals surface area contributed by atoms with Crippen LogP contribution in [0.1, 0.15) is 50.8 Å². The van der Waals surface area contributed by atoms with Gasteiger partial charge in [0.15, 0.2) is 11.8 Å². The summed E-state index contributed by atoms with van der Waals surface area (Å²) in [6.45, 7) is 12.3. The van der Waals surface area contributed by atoms with Gasteiger partial charge in [-0.05, 0) is 45.4 Å². The van der Waals surface area contributed by atoms with E-state index in [2.05, 4.69) is 11.1 Å². The maximum absolute atomic E-state index is 13.0. The molecule has 1 fully saturated rings. The fourth-order valence-corrected chi connectivity index (χ4v) is 5.31. The summed E-state index contributed by atoms with van der Waals surface area (Å²) in [5, 5.41) is 0. The molecule has 0 aromatic carbocycles. The highest BCUT2D eigenvalue weighted by Gasteiger charge is 2.33. The van der Waals surface area contributed by atoms with E-state index in [1.807, 2.05) is 26.8 Å². The van der Waals surface area contributed by atoms with Gasteiger partial charge in [-0.25, -0.2) is 0 Å². The first-order valence-electron chi connectivity index (χ1n) is 9.44. The molecule has 146 valence electrons.